The second-order valence-corrected chi connectivity index (χ2v) is 7.57. The average Bonchev–Trinajstić information content (AvgIpc) is 3.27. The second kappa shape index (κ2) is 9.00. The van der Waals surface area contributed by atoms with Crippen molar-refractivity contribution in [2.24, 2.45) is 0 Å². The van der Waals surface area contributed by atoms with E-state index in [0.717, 1.165) is 37.4 Å². The maximum absolute atomic E-state index is 12.1. The monoisotopic (exact) mass is 379 g/mol. The first-order valence-electron chi connectivity index (χ1n) is 10.4. The quantitative estimate of drug-likeness (QED) is 0.733. The van der Waals surface area contributed by atoms with Gasteiger partial charge in [0.25, 0.3) is 0 Å². The number of rotatable bonds is 6. The topological polar surface area (TPSA) is 53.6 Å². The Kier molecular flexibility index (Phi) is 6.00. The molecule has 28 heavy (non-hydrogen) atoms. The molecule has 0 aromatic heterocycles. The number of amides is 2. The highest BCUT2D eigenvalue weighted by Crippen LogP contribution is 2.29. The molecule has 4 rings (SSSR count). The number of aryl methyl sites for hydroxylation is 1. The molecule has 0 spiro atoms. The summed E-state index contributed by atoms with van der Waals surface area (Å²) in [7, 11) is 0. The van der Waals surface area contributed by atoms with Gasteiger partial charge in [-0.05, 0) is 80.0 Å². The van der Waals surface area contributed by atoms with Gasteiger partial charge in [-0.1, -0.05) is 12.1 Å². The minimum Gasteiger partial charge on any atom is -0.491 e. The van der Waals surface area contributed by atoms with Crippen LogP contribution in [0.5, 0.6) is 5.75 Å². The Morgan fingerprint density at radius 1 is 0.964 bits per heavy atom. The molecule has 0 bridgehead atoms. The SMILES string of the molecule is O=C(NCCOc1cccc2c1CCCC2)Nc1ccc(N2CCCC2)cc1. The molecule has 2 aromatic rings. The molecule has 5 nitrogen and oxygen atoms in total. The average molecular weight is 380 g/mol. The van der Waals surface area contributed by atoms with Crippen LogP contribution in [0.25, 0.3) is 0 Å². The summed E-state index contributed by atoms with van der Waals surface area (Å²) in [6.07, 6.45) is 7.24. The predicted octanol–water partition coefficient (Wildman–Crippen LogP) is 4.37. The molecular formula is C23H29N3O2. The summed E-state index contributed by atoms with van der Waals surface area (Å²) in [4.78, 5) is 14.5. The minimum atomic E-state index is -0.201. The van der Waals surface area contributed by atoms with Crippen molar-refractivity contribution >= 4 is 17.4 Å². The Hall–Kier alpha value is -2.69. The van der Waals surface area contributed by atoms with Crippen molar-refractivity contribution < 1.29 is 9.53 Å². The fourth-order valence-corrected chi connectivity index (χ4v) is 4.11. The minimum absolute atomic E-state index is 0.201. The van der Waals surface area contributed by atoms with Crippen molar-refractivity contribution in [1.82, 2.24) is 5.32 Å². The number of benzene rings is 2. The summed E-state index contributed by atoms with van der Waals surface area (Å²) >= 11 is 0. The summed E-state index contributed by atoms with van der Waals surface area (Å²) in [5, 5.41) is 5.75. The summed E-state index contributed by atoms with van der Waals surface area (Å²) in [6, 6.07) is 14.2. The zero-order valence-corrected chi connectivity index (χ0v) is 16.4. The normalized spacial score (nSPS) is 15.8. The largest absolute Gasteiger partial charge is 0.491 e. The van der Waals surface area contributed by atoms with Crippen molar-refractivity contribution in [2.75, 3.05) is 36.5 Å². The van der Waals surface area contributed by atoms with E-state index >= 15 is 0 Å². The molecule has 0 radical (unpaired) electrons. The van der Waals surface area contributed by atoms with Gasteiger partial charge in [0, 0.05) is 24.5 Å². The van der Waals surface area contributed by atoms with Gasteiger partial charge in [-0.2, -0.15) is 0 Å². The lowest BCUT2D eigenvalue weighted by atomic mass is 9.91. The first-order valence-corrected chi connectivity index (χ1v) is 10.4. The van der Waals surface area contributed by atoms with Crippen molar-refractivity contribution in [3.05, 3.63) is 53.6 Å². The molecule has 5 heteroatoms. The van der Waals surface area contributed by atoms with E-state index in [9.17, 15) is 4.79 Å². The van der Waals surface area contributed by atoms with Crippen molar-refractivity contribution in [3.8, 4) is 5.75 Å². The lowest BCUT2D eigenvalue weighted by Crippen LogP contribution is -2.32. The molecule has 1 aliphatic heterocycles. The standard InChI is InChI=1S/C23H29N3O2/c27-23(25-19-10-12-20(13-11-19)26-15-3-4-16-26)24-14-17-28-22-9-5-7-18-6-1-2-8-21(18)22/h5,7,9-13H,1-4,6,8,14-17H2,(H2,24,25,27). The van der Waals surface area contributed by atoms with E-state index in [4.69, 9.17) is 4.74 Å². The highest BCUT2D eigenvalue weighted by Gasteiger charge is 2.14. The molecule has 2 N–H and O–H groups in total. The van der Waals surface area contributed by atoms with Crippen LogP contribution in [0.4, 0.5) is 16.2 Å². The van der Waals surface area contributed by atoms with Crippen molar-refractivity contribution in [1.29, 1.82) is 0 Å². The van der Waals surface area contributed by atoms with E-state index in [1.54, 1.807) is 0 Å². The Morgan fingerprint density at radius 3 is 2.57 bits per heavy atom. The molecule has 1 aliphatic carbocycles. The number of fused-ring (bicyclic) bond motifs is 1. The van der Waals surface area contributed by atoms with E-state index in [1.807, 2.05) is 18.2 Å². The number of urea groups is 1. The number of nitrogens with one attached hydrogen (secondary N) is 2. The van der Waals surface area contributed by atoms with E-state index < -0.39 is 0 Å². The molecular weight excluding hydrogens is 350 g/mol. The molecule has 148 valence electrons. The Morgan fingerprint density at radius 2 is 1.75 bits per heavy atom. The third-order valence-corrected chi connectivity index (χ3v) is 5.59. The highest BCUT2D eigenvalue weighted by molar-refractivity contribution is 5.89. The van der Waals surface area contributed by atoms with Gasteiger partial charge in [0.05, 0.1) is 6.54 Å². The molecule has 1 fully saturated rings. The second-order valence-electron chi connectivity index (χ2n) is 7.57. The van der Waals surface area contributed by atoms with Gasteiger partial charge in [-0.3, -0.25) is 0 Å². The number of carbonyl (C=O) groups is 1. The molecule has 0 unspecified atom stereocenters. The van der Waals surface area contributed by atoms with Crippen LogP contribution in [0, 0.1) is 0 Å². The first-order chi connectivity index (χ1) is 13.8. The molecule has 2 aromatic carbocycles. The number of anilines is 2. The van der Waals surface area contributed by atoms with Gasteiger partial charge < -0.3 is 20.3 Å². The van der Waals surface area contributed by atoms with E-state index in [1.165, 1.54) is 42.5 Å². The predicted molar refractivity (Wildman–Crippen MR) is 113 cm³/mol. The summed E-state index contributed by atoms with van der Waals surface area (Å²) in [5.74, 6) is 0.969. The first kappa shape index (κ1) is 18.7. The fourth-order valence-electron chi connectivity index (χ4n) is 4.11. The lowest BCUT2D eigenvalue weighted by Gasteiger charge is -2.19. The molecule has 2 aliphatic rings. The van der Waals surface area contributed by atoms with Crippen LogP contribution >= 0.6 is 0 Å². The van der Waals surface area contributed by atoms with E-state index in [-0.39, 0.29) is 6.03 Å². The van der Waals surface area contributed by atoms with Crippen molar-refractivity contribution in [2.45, 2.75) is 38.5 Å². The summed E-state index contributed by atoms with van der Waals surface area (Å²) in [5.41, 5.74) is 4.78. The maximum Gasteiger partial charge on any atom is 0.319 e. The third kappa shape index (κ3) is 4.58. The number of ether oxygens (including phenoxy) is 1. The van der Waals surface area contributed by atoms with Gasteiger partial charge >= 0.3 is 6.03 Å². The Labute approximate surface area is 167 Å². The Bertz CT molecular complexity index is 798. The van der Waals surface area contributed by atoms with Gasteiger partial charge in [0.1, 0.15) is 12.4 Å². The molecule has 0 saturated carbocycles. The van der Waals surface area contributed by atoms with Crippen LogP contribution in [-0.2, 0) is 12.8 Å². The molecule has 1 heterocycles. The molecule has 0 atom stereocenters. The summed E-state index contributed by atoms with van der Waals surface area (Å²) in [6.45, 7) is 3.19. The zero-order chi connectivity index (χ0) is 19.2. The van der Waals surface area contributed by atoms with Gasteiger partial charge in [0.2, 0.25) is 0 Å². The zero-order valence-electron chi connectivity index (χ0n) is 16.4. The van der Waals surface area contributed by atoms with Crippen LogP contribution in [-0.4, -0.2) is 32.3 Å². The van der Waals surface area contributed by atoms with Crippen LogP contribution in [0.1, 0.15) is 36.8 Å². The third-order valence-electron chi connectivity index (χ3n) is 5.59. The molecule has 2 amide bonds. The van der Waals surface area contributed by atoms with Crippen LogP contribution < -0.4 is 20.3 Å². The summed E-state index contributed by atoms with van der Waals surface area (Å²) < 4.78 is 5.93. The van der Waals surface area contributed by atoms with Gasteiger partial charge in [-0.15, -0.1) is 0 Å². The molecule has 1 saturated heterocycles. The van der Waals surface area contributed by atoms with Crippen LogP contribution in [0.2, 0.25) is 0 Å². The highest BCUT2D eigenvalue weighted by atomic mass is 16.5. The van der Waals surface area contributed by atoms with Gasteiger partial charge in [-0.25, -0.2) is 4.79 Å². The van der Waals surface area contributed by atoms with Crippen molar-refractivity contribution in [3.63, 3.8) is 0 Å². The van der Waals surface area contributed by atoms with Crippen LogP contribution in [0.15, 0.2) is 42.5 Å². The van der Waals surface area contributed by atoms with E-state index in [2.05, 4.69) is 39.8 Å². The smallest absolute Gasteiger partial charge is 0.319 e. The number of hydrogen-bond acceptors (Lipinski definition) is 3. The number of nitrogens with zero attached hydrogens (tertiary/aromatic N) is 1. The Balaban J connectivity index is 1.21. The number of hydrogen-bond donors (Lipinski definition) is 2. The van der Waals surface area contributed by atoms with Crippen LogP contribution in [0.3, 0.4) is 0 Å². The lowest BCUT2D eigenvalue weighted by molar-refractivity contribution is 0.247. The number of carbonyl (C=O) groups excluding carboxylic acids is 1. The fraction of sp³-hybridized carbons (Fsp3) is 0.435. The van der Waals surface area contributed by atoms with Gasteiger partial charge in [0.15, 0.2) is 0 Å². The van der Waals surface area contributed by atoms with E-state index in [0.29, 0.717) is 13.2 Å². The maximum atomic E-state index is 12.1.